The van der Waals surface area contributed by atoms with E-state index in [1.165, 1.54) is 12.1 Å². The number of nitrogens with zero attached hydrogens (tertiary/aromatic N) is 2. The molecule has 0 bridgehead atoms. The fraction of sp³-hybridized carbons (Fsp3) is 0.125. The Bertz CT molecular complexity index is 717. The lowest BCUT2D eigenvalue weighted by Gasteiger charge is -2.09. The standard InChI is InChI=1S/C16H11FN2O2/c17-14-9-12(10-18)5-6-16(14)21-8-7-20-15-4-2-1-3-13(15)11-19/h1-6,9H,7-8H2. The van der Waals surface area contributed by atoms with Gasteiger partial charge in [0.2, 0.25) is 0 Å². The second-order valence-corrected chi connectivity index (χ2v) is 4.06. The molecule has 0 N–H and O–H groups in total. The lowest BCUT2D eigenvalue weighted by atomic mass is 10.2. The van der Waals surface area contributed by atoms with E-state index in [1.54, 1.807) is 24.3 Å². The van der Waals surface area contributed by atoms with Crippen molar-refractivity contribution in [1.29, 1.82) is 10.5 Å². The summed E-state index contributed by atoms with van der Waals surface area (Å²) in [7, 11) is 0. The first-order chi connectivity index (χ1) is 10.2. The summed E-state index contributed by atoms with van der Waals surface area (Å²) in [4.78, 5) is 0. The molecule has 2 aromatic carbocycles. The number of para-hydroxylation sites is 1. The molecule has 21 heavy (non-hydrogen) atoms. The zero-order chi connectivity index (χ0) is 15.1. The zero-order valence-corrected chi connectivity index (χ0v) is 11.0. The smallest absolute Gasteiger partial charge is 0.166 e. The lowest BCUT2D eigenvalue weighted by molar-refractivity contribution is 0.211. The fourth-order valence-electron chi connectivity index (χ4n) is 1.68. The molecule has 0 aliphatic heterocycles. The molecule has 0 amide bonds. The first-order valence-corrected chi connectivity index (χ1v) is 6.19. The van der Waals surface area contributed by atoms with Crippen LogP contribution in [-0.2, 0) is 0 Å². The van der Waals surface area contributed by atoms with Crippen LogP contribution in [0.1, 0.15) is 11.1 Å². The Labute approximate surface area is 121 Å². The Kier molecular flexibility index (Phi) is 4.74. The minimum atomic E-state index is -0.591. The maximum atomic E-state index is 13.5. The highest BCUT2D eigenvalue weighted by Gasteiger charge is 2.05. The van der Waals surface area contributed by atoms with Gasteiger partial charge in [-0.25, -0.2) is 4.39 Å². The number of nitriles is 2. The highest BCUT2D eigenvalue weighted by Crippen LogP contribution is 2.19. The molecule has 0 spiro atoms. The van der Waals surface area contributed by atoms with Crippen LogP contribution in [0.15, 0.2) is 42.5 Å². The highest BCUT2D eigenvalue weighted by molar-refractivity contribution is 5.42. The number of hydrogen-bond donors (Lipinski definition) is 0. The number of rotatable bonds is 5. The molecule has 2 aromatic rings. The summed E-state index contributed by atoms with van der Waals surface area (Å²) in [5.41, 5.74) is 0.668. The lowest BCUT2D eigenvalue weighted by Crippen LogP contribution is -2.10. The quantitative estimate of drug-likeness (QED) is 0.791. The van der Waals surface area contributed by atoms with Crippen molar-refractivity contribution >= 4 is 0 Å². The topological polar surface area (TPSA) is 66.0 Å². The third kappa shape index (κ3) is 3.71. The van der Waals surface area contributed by atoms with Crippen molar-refractivity contribution in [3.8, 4) is 23.6 Å². The summed E-state index contributed by atoms with van der Waals surface area (Å²) < 4.78 is 24.2. The van der Waals surface area contributed by atoms with Gasteiger partial charge in [-0.3, -0.25) is 0 Å². The number of benzene rings is 2. The van der Waals surface area contributed by atoms with E-state index in [0.717, 1.165) is 6.07 Å². The first-order valence-electron chi connectivity index (χ1n) is 6.19. The van der Waals surface area contributed by atoms with Crippen molar-refractivity contribution in [3.05, 3.63) is 59.4 Å². The Morgan fingerprint density at radius 1 is 0.905 bits per heavy atom. The maximum absolute atomic E-state index is 13.5. The average Bonchev–Trinajstić information content (AvgIpc) is 2.53. The maximum Gasteiger partial charge on any atom is 0.166 e. The third-order valence-corrected chi connectivity index (χ3v) is 2.67. The van der Waals surface area contributed by atoms with E-state index in [-0.39, 0.29) is 24.5 Å². The molecule has 0 heterocycles. The van der Waals surface area contributed by atoms with Crippen LogP contribution in [0.2, 0.25) is 0 Å². The van der Waals surface area contributed by atoms with E-state index in [9.17, 15) is 4.39 Å². The molecule has 5 heteroatoms. The van der Waals surface area contributed by atoms with E-state index >= 15 is 0 Å². The summed E-state index contributed by atoms with van der Waals surface area (Å²) in [6, 6.07) is 14.7. The molecular formula is C16H11FN2O2. The van der Waals surface area contributed by atoms with Crippen LogP contribution in [0.5, 0.6) is 11.5 Å². The molecule has 0 saturated carbocycles. The Balaban J connectivity index is 1.88. The van der Waals surface area contributed by atoms with Crippen molar-refractivity contribution in [2.24, 2.45) is 0 Å². The van der Waals surface area contributed by atoms with Crippen LogP contribution in [-0.4, -0.2) is 13.2 Å². The van der Waals surface area contributed by atoms with Crippen molar-refractivity contribution in [1.82, 2.24) is 0 Å². The second kappa shape index (κ2) is 6.93. The Morgan fingerprint density at radius 2 is 1.62 bits per heavy atom. The van der Waals surface area contributed by atoms with E-state index in [2.05, 4.69) is 0 Å². The predicted molar refractivity (Wildman–Crippen MR) is 73.3 cm³/mol. The molecular weight excluding hydrogens is 271 g/mol. The molecule has 0 unspecified atom stereocenters. The molecule has 0 aliphatic carbocycles. The van der Waals surface area contributed by atoms with Crippen LogP contribution in [0.4, 0.5) is 4.39 Å². The summed E-state index contributed by atoms with van der Waals surface area (Å²) >= 11 is 0. The minimum absolute atomic E-state index is 0.0613. The predicted octanol–water partition coefficient (Wildman–Crippen LogP) is 3.03. The van der Waals surface area contributed by atoms with Crippen molar-refractivity contribution in [3.63, 3.8) is 0 Å². The van der Waals surface area contributed by atoms with Crippen LogP contribution >= 0.6 is 0 Å². The Morgan fingerprint density at radius 3 is 2.29 bits per heavy atom. The van der Waals surface area contributed by atoms with Crippen LogP contribution in [0, 0.1) is 28.5 Å². The normalized spacial score (nSPS) is 9.48. The van der Waals surface area contributed by atoms with Gasteiger partial charge in [0.1, 0.15) is 25.0 Å². The SMILES string of the molecule is N#Cc1ccc(OCCOc2ccccc2C#N)c(F)c1. The van der Waals surface area contributed by atoms with Gasteiger partial charge < -0.3 is 9.47 Å². The first kappa shape index (κ1) is 14.4. The summed E-state index contributed by atoms with van der Waals surface area (Å²) in [6.07, 6.45) is 0. The molecule has 104 valence electrons. The van der Waals surface area contributed by atoms with Gasteiger partial charge in [0.25, 0.3) is 0 Å². The summed E-state index contributed by atoms with van der Waals surface area (Å²) in [5, 5.41) is 17.5. The summed E-state index contributed by atoms with van der Waals surface area (Å²) in [6.45, 7) is 0.306. The Hall–Kier alpha value is -3.05. The molecule has 0 fully saturated rings. The fourth-order valence-corrected chi connectivity index (χ4v) is 1.68. The zero-order valence-electron chi connectivity index (χ0n) is 11.0. The monoisotopic (exact) mass is 282 g/mol. The van der Waals surface area contributed by atoms with Gasteiger partial charge in [0.15, 0.2) is 11.6 Å². The van der Waals surface area contributed by atoms with Gasteiger partial charge in [-0.15, -0.1) is 0 Å². The second-order valence-electron chi connectivity index (χ2n) is 4.06. The highest BCUT2D eigenvalue weighted by atomic mass is 19.1. The van der Waals surface area contributed by atoms with Crippen LogP contribution < -0.4 is 9.47 Å². The van der Waals surface area contributed by atoms with Gasteiger partial charge in [0, 0.05) is 0 Å². The molecule has 4 nitrogen and oxygen atoms in total. The van der Waals surface area contributed by atoms with Crippen LogP contribution in [0.3, 0.4) is 0 Å². The average molecular weight is 282 g/mol. The van der Waals surface area contributed by atoms with E-state index in [4.69, 9.17) is 20.0 Å². The molecule has 0 radical (unpaired) electrons. The van der Waals surface area contributed by atoms with E-state index < -0.39 is 5.82 Å². The number of ether oxygens (including phenoxy) is 2. The van der Waals surface area contributed by atoms with Crippen molar-refractivity contribution in [2.45, 2.75) is 0 Å². The van der Waals surface area contributed by atoms with Gasteiger partial charge in [-0.1, -0.05) is 12.1 Å². The van der Waals surface area contributed by atoms with E-state index in [0.29, 0.717) is 11.3 Å². The largest absolute Gasteiger partial charge is 0.489 e. The molecule has 0 aliphatic rings. The number of halogens is 1. The van der Waals surface area contributed by atoms with Gasteiger partial charge in [-0.2, -0.15) is 10.5 Å². The van der Waals surface area contributed by atoms with Crippen molar-refractivity contribution in [2.75, 3.05) is 13.2 Å². The molecule has 0 saturated heterocycles. The minimum Gasteiger partial charge on any atom is -0.489 e. The van der Waals surface area contributed by atoms with Gasteiger partial charge >= 0.3 is 0 Å². The van der Waals surface area contributed by atoms with E-state index in [1.807, 2.05) is 12.1 Å². The third-order valence-electron chi connectivity index (χ3n) is 2.67. The van der Waals surface area contributed by atoms with Crippen molar-refractivity contribution < 1.29 is 13.9 Å². The molecule has 2 rings (SSSR count). The van der Waals surface area contributed by atoms with Gasteiger partial charge in [-0.05, 0) is 30.3 Å². The molecule has 0 aromatic heterocycles. The number of hydrogen-bond acceptors (Lipinski definition) is 4. The van der Waals surface area contributed by atoms with Crippen LogP contribution in [0.25, 0.3) is 0 Å². The molecule has 0 atom stereocenters. The van der Waals surface area contributed by atoms with Gasteiger partial charge in [0.05, 0.1) is 17.2 Å². The summed E-state index contributed by atoms with van der Waals surface area (Å²) in [5.74, 6) is -0.0680.